The van der Waals surface area contributed by atoms with Gasteiger partial charge in [-0.15, -0.1) is 0 Å². The molecular formula is C14H25N3O2. The van der Waals surface area contributed by atoms with E-state index >= 15 is 0 Å². The van der Waals surface area contributed by atoms with Crippen LogP contribution in [0.5, 0.6) is 0 Å². The van der Waals surface area contributed by atoms with Gasteiger partial charge in [0.25, 0.3) is 0 Å². The highest BCUT2D eigenvalue weighted by molar-refractivity contribution is 5.08. The summed E-state index contributed by atoms with van der Waals surface area (Å²) in [6, 6.07) is 0. The van der Waals surface area contributed by atoms with E-state index in [0.29, 0.717) is 5.82 Å². The Labute approximate surface area is 115 Å². The zero-order chi connectivity index (χ0) is 14.1. The molecule has 0 bridgehead atoms. The molecule has 1 saturated heterocycles. The maximum atomic E-state index is 5.53. The molecule has 19 heavy (non-hydrogen) atoms. The summed E-state index contributed by atoms with van der Waals surface area (Å²) >= 11 is 0. The molecule has 2 atom stereocenters. The normalized spacial score (nSPS) is 26.4. The Morgan fingerprint density at radius 2 is 2.16 bits per heavy atom. The van der Waals surface area contributed by atoms with E-state index in [1.807, 2.05) is 0 Å². The second-order valence-corrected chi connectivity index (χ2v) is 6.78. The summed E-state index contributed by atoms with van der Waals surface area (Å²) in [5.74, 6) is 1.37. The van der Waals surface area contributed by atoms with Gasteiger partial charge in [-0.3, -0.25) is 0 Å². The quantitative estimate of drug-likeness (QED) is 0.911. The van der Waals surface area contributed by atoms with Gasteiger partial charge in [-0.05, 0) is 31.7 Å². The SMILES string of the molecule is COC(c1noc(C2(C)CCCNC2)n1)C(C)(C)C. The monoisotopic (exact) mass is 267 g/mol. The summed E-state index contributed by atoms with van der Waals surface area (Å²) in [7, 11) is 1.69. The number of aromatic nitrogens is 2. The molecule has 0 radical (unpaired) electrons. The van der Waals surface area contributed by atoms with Crippen LogP contribution in [0.15, 0.2) is 4.52 Å². The molecule has 0 amide bonds. The summed E-state index contributed by atoms with van der Waals surface area (Å²) in [5.41, 5.74) is -0.110. The zero-order valence-corrected chi connectivity index (χ0v) is 12.6. The smallest absolute Gasteiger partial charge is 0.233 e. The molecule has 0 saturated carbocycles. The van der Waals surface area contributed by atoms with Crippen molar-refractivity contribution in [2.75, 3.05) is 20.2 Å². The van der Waals surface area contributed by atoms with Crippen molar-refractivity contribution in [2.24, 2.45) is 5.41 Å². The van der Waals surface area contributed by atoms with Crippen molar-refractivity contribution in [3.8, 4) is 0 Å². The number of nitrogens with zero attached hydrogens (tertiary/aromatic N) is 2. The van der Waals surface area contributed by atoms with E-state index in [2.05, 4.69) is 43.2 Å². The number of hydrogen-bond acceptors (Lipinski definition) is 5. The number of hydrogen-bond donors (Lipinski definition) is 1. The minimum atomic E-state index is -0.148. The lowest BCUT2D eigenvalue weighted by Gasteiger charge is -2.30. The maximum Gasteiger partial charge on any atom is 0.233 e. The molecule has 0 aromatic carbocycles. The van der Waals surface area contributed by atoms with E-state index in [-0.39, 0.29) is 16.9 Å². The van der Waals surface area contributed by atoms with Gasteiger partial charge in [0.05, 0.1) is 5.41 Å². The predicted octanol–water partition coefficient (Wildman–Crippen LogP) is 2.44. The van der Waals surface area contributed by atoms with Gasteiger partial charge >= 0.3 is 0 Å². The number of methoxy groups -OCH3 is 1. The standard InChI is InChI=1S/C14H25N3O2/c1-13(2,3)10(18-5)11-16-12(19-17-11)14(4)7-6-8-15-9-14/h10,15H,6-9H2,1-5H3. The molecule has 0 aliphatic carbocycles. The highest BCUT2D eigenvalue weighted by Crippen LogP contribution is 2.36. The number of ether oxygens (including phenoxy) is 1. The van der Waals surface area contributed by atoms with Crippen LogP contribution in [0.4, 0.5) is 0 Å². The van der Waals surface area contributed by atoms with Crippen LogP contribution in [-0.2, 0) is 10.2 Å². The van der Waals surface area contributed by atoms with Crippen molar-refractivity contribution in [3.05, 3.63) is 11.7 Å². The molecule has 1 fully saturated rings. The van der Waals surface area contributed by atoms with Crippen LogP contribution in [0.25, 0.3) is 0 Å². The molecular weight excluding hydrogens is 242 g/mol. The zero-order valence-electron chi connectivity index (χ0n) is 12.6. The highest BCUT2D eigenvalue weighted by atomic mass is 16.5. The molecule has 5 nitrogen and oxygen atoms in total. The Kier molecular flexibility index (Phi) is 3.97. The highest BCUT2D eigenvalue weighted by Gasteiger charge is 2.37. The average molecular weight is 267 g/mol. The molecule has 1 aromatic heterocycles. The molecule has 1 aliphatic rings. The minimum absolute atomic E-state index is 0.0540. The first-order chi connectivity index (χ1) is 8.87. The lowest BCUT2D eigenvalue weighted by molar-refractivity contribution is 0.00718. The van der Waals surface area contributed by atoms with Crippen LogP contribution in [-0.4, -0.2) is 30.3 Å². The summed E-state index contributed by atoms with van der Waals surface area (Å²) in [4.78, 5) is 4.60. The number of rotatable bonds is 3. The third-order valence-corrected chi connectivity index (χ3v) is 3.81. The van der Waals surface area contributed by atoms with Crippen molar-refractivity contribution in [3.63, 3.8) is 0 Å². The van der Waals surface area contributed by atoms with Gasteiger partial charge < -0.3 is 14.6 Å². The Bertz CT molecular complexity index is 417. The first-order valence-corrected chi connectivity index (χ1v) is 6.94. The number of piperidine rings is 1. The Morgan fingerprint density at radius 1 is 1.42 bits per heavy atom. The Morgan fingerprint density at radius 3 is 2.68 bits per heavy atom. The van der Waals surface area contributed by atoms with Gasteiger partial charge in [-0.2, -0.15) is 4.98 Å². The summed E-state index contributed by atoms with van der Waals surface area (Å²) in [5, 5.41) is 7.53. The number of nitrogens with one attached hydrogen (secondary N) is 1. The molecule has 2 heterocycles. The van der Waals surface area contributed by atoms with Crippen molar-refractivity contribution in [2.45, 2.75) is 52.1 Å². The van der Waals surface area contributed by atoms with Crippen LogP contribution in [0.2, 0.25) is 0 Å². The molecule has 2 unspecified atom stereocenters. The molecule has 0 spiro atoms. The van der Waals surface area contributed by atoms with E-state index < -0.39 is 0 Å². The van der Waals surface area contributed by atoms with Crippen molar-refractivity contribution >= 4 is 0 Å². The predicted molar refractivity (Wildman–Crippen MR) is 73.0 cm³/mol. The lowest BCUT2D eigenvalue weighted by Crippen LogP contribution is -2.41. The second kappa shape index (κ2) is 5.21. The second-order valence-electron chi connectivity index (χ2n) is 6.78. The van der Waals surface area contributed by atoms with Crippen molar-refractivity contribution < 1.29 is 9.26 Å². The van der Waals surface area contributed by atoms with E-state index in [0.717, 1.165) is 31.8 Å². The van der Waals surface area contributed by atoms with Crippen LogP contribution in [0.1, 0.15) is 58.4 Å². The van der Waals surface area contributed by atoms with Gasteiger partial charge in [0.2, 0.25) is 11.7 Å². The Balaban J connectivity index is 2.23. The third-order valence-electron chi connectivity index (χ3n) is 3.81. The molecule has 108 valence electrons. The third kappa shape index (κ3) is 2.98. The fourth-order valence-corrected chi connectivity index (χ4v) is 2.67. The first kappa shape index (κ1) is 14.5. The van der Waals surface area contributed by atoms with E-state index in [1.54, 1.807) is 7.11 Å². The van der Waals surface area contributed by atoms with Gasteiger partial charge in [0.15, 0.2) is 0 Å². The topological polar surface area (TPSA) is 60.2 Å². The molecule has 5 heteroatoms. The summed E-state index contributed by atoms with van der Waals surface area (Å²) in [6.07, 6.45) is 2.07. The van der Waals surface area contributed by atoms with Crippen LogP contribution < -0.4 is 5.32 Å². The molecule has 2 rings (SSSR count). The molecule has 1 aromatic rings. The summed E-state index contributed by atoms with van der Waals surface area (Å²) < 4.78 is 11.0. The van der Waals surface area contributed by atoms with Crippen LogP contribution in [0, 0.1) is 5.41 Å². The average Bonchev–Trinajstić information content (AvgIpc) is 2.79. The van der Waals surface area contributed by atoms with Crippen molar-refractivity contribution in [1.29, 1.82) is 0 Å². The van der Waals surface area contributed by atoms with Crippen LogP contribution >= 0.6 is 0 Å². The van der Waals surface area contributed by atoms with Gasteiger partial charge in [0.1, 0.15) is 6.10 Å². The van der Waals surface area contributed by atoms with Gasteiger partial charge in [-0.1, -0.05) is 25.9 Å². The van der Waals surface area contributed by atoms with E-state index in [1.165, 1.54) is 0 Å². The van der Waals surface area contributed by atoms with Crippen molar-refractivity contribution in [1.82, 2.24) is 15.5 Å². The molecule has 1 N–H and O–H groups in total. The van der Waals surface area contributed by atoms with E-state index in [9.17, 15) is 0 Å². The van der Waals surface area contributed by atoms with Crippen LogP contribution in [0.3, 0.4) is 0 Å². The fraction of sp³-hybridized carbons (Fsp3) is 0.857. The Hall–Kier alpha value is -0.940. The summed E-state index contributed by atoms with van der Waals surface area (Å²) in [6.45, 7) is 10.5. The largest absolute Gasteiger partial charge is 0.373 e. The lowest BCUT2D eigenvalue weighted by atomic mass is 9.82. The first-order valence-electron chi connectivity index (χ1n) is 6.94. The van der Waals surface area contributed by atoms with E-state index in [4.69, 9.17) is 9.26 Å². The maximum absolute atomic E-state index is 5.53. The van der Waals surface area contributed by atoms with Gasteiger partial charge in [0, 0.05) is 13.7 Å². The minimum Gasteiger partial charge on any atom is -0.373 e. The van der Waals surface area contributed by atoms with Gasteiger partial charge in [-0.25, -0.2) is 0 Å². The molecule has 1 aliphatic heterocycles. The fourth-order valence-electron chi connectivity index (χ4n) is 2.67.